The van der Waals surface area contributed by atoms with E-state index in [1.165, 1.54) is 0 Å². The summed E-state index contributed by atoms with van der Waals surface area (Å²) in [5, 5.41) is 2.84. The Morgan fingerprint density at radius 2 is 2.13 bits per heavy atom. The number of pyridine rings is 1. The highest BCUT2D eigenvalue weighted by Crippen LogP contribution is 2.31. The van der Waals surface area contributed by atoms with Crippen molar-refractivity contribution in [1.29, 1.82) is 0 Å². The number of nitrogens with one attached hydrogen (secondary N) is 1. The summed E-state index contributed by atoms with van der Waals surface area (Å²) >= 11 is 0. The van der Waals surface area contributed by atoms with E-state index in [2.05, 4.69) is 10.3 Å². The smallest absolute Gasteiger partial charge is 0.366 e. The Labute approximate surface area is 84.5 Å². The van der Waals surface area contributed by atoms with Crippen molar-refractivity contribution < 1.29 is 13.2 Å². The van der Waals surface area contributed by atoms with Crippen LogP contribution in [-0.4, -0.2) is 17.1 Å². The van der Waals surface area contributed by atoms with Crippen LogP contribution in [0, 0.1) is 0 Å². The molecule has 0 spiro atoms. The van der Waals surface area contributed by atoms with Crippen molar-refractivity contribution in [2.24, 2.45) is 5.73 Å². The molecule has 0 aromatic carbocycles. The van der Waals surface area contributed by atoms with Crippen molar-refractivity contribution >= 4 is 5.82 Å². The molecule has 2 unspecified atom stereocenters. The molecule has 2 rings (SSSR count). The lowest BCUT2D eigenvalue weighted by atomic mass is 10.2. The van der Waals surface area contributed by atoms with Gasteiger partial charge in [-0.1, -0.05) is 0 Å². The van der Waals surface area contributed by atoms with E-state index in [4.69, 9.17) is 5.73 Å². The molecule has 1 aromatic heterocycles. The first kappa shape index (κ1) is 10.2. The van der Waals surface area contributed by atoms with Gasteiger partial charge in [0.25, 0.3) is 0 Å². The summed E-state index contributed by atoms with van der Waals surface area (Å²) in [6.07, 6.45) is -2.41. The molecular formula is C9H10F3N3. The van der Waals surface area contributed by atoms with Crippen LogP contribution >= 0.6 is 0 Å². The highest BCUT2D eigenvalue weighted by Gasteiger charge is 2.35. The largest absolute Gasteiger partial charge is 0.416 e. The minimum Gasteiger partial charge on any atom is -0.366 e. The zero-order valence-corrected chi connectivity index (χ0v) is 7.75. The second-order valence-electron chi connectivity index (χ2n) is 3.58. The van der Waals surface area contributed by atoms with E-state index in [-0.39, 0.29) is 17.9 Å². The highest BCUT2D eigenvalue weighted by molar-refractivity contribution is 5.41. The molecule has 3 N–H and O–H groups in total. The fraction of sp³-hybridized carbons (Fsp3) is 0.444. The number of nitrogens with zero attached hydrogens (tertiary/aromatic N) is 1. The molecule has 1 aliphatic carbocycles. The van der Waals surface area contributed by atoms with E-state index in [9.17, 15) is 13.2 Å². The first-order valence-electron chi connectivity index (χ1n) is 4.52. The lowest BCUT2D eigenvalue weighted by Crippen LogP contribution is -2.14. The summed E-state index contributed by atoms with van der Waals surface area (Å²) in [6, 6.07) is 2.02. The molecule has 0 saturated heterocycles. The second-order valence-corrected chi connectivity index (χ2v) is 3.58. The number of hydrogen-bond donors (Lipinski definition) is 2. The normalized spacial score (nSPS) is 25.1. The molecule has 1 saturated carbocycles. The summed E-state index contributed by atoms with van der Waals surface area (Å²) in [5.74, 6) is 0.225. The molecular weight excluding hydrogens is 207 g/mol. The monoisotopic (exact) mass is 217 g/mol. The third-order valence-corrected chi connectivity index (χ3v) is 2.26. The molecule has 2 atom stereocenters. The minimum absolute atomic E-state index is 0.0290. The zero-order chi connectivity index (χ0) is 11.1. The number of alkyl halides is 3. The van der Waals surface area contributed by atoms with E-state index >= 15 is 0 Å². The Kier molecular flexibility index (Phi) is 2.30. The summed E-state index contributed by atoms with van der Waals surface area (Å²) in [6.45, 7) is 0. The van der Waals surface area contributed by atoms with Crippen LogP contribution in [0.5, 0.6) is 0 Å². The first-order chi connectivity index (χ1) is 6.97. The number of anilines is 1. The van der Waals surface area contributed by atoms with Gasteiger partial charge in [-0.3, -0.25) is 0 Å². The Morgan fingerprint density at radius 1 is 1.47 bits per heavy atom. The Hall–Kier alpha value is -1.30. The van der Waals surface area contributed by atoms with Crippen LogP contribution in [0.2, 0.25) is 0 Å². The van der Waals surface area contributed by atoms with Crippen molar-refractivity contribution in [3.63, 3.8) is 0 Å². The number of aromatic nitrogens is 1. The highest BCUT2D eigenvalue weighted by atomic mass is 19.4. The van der Waals surface area contributed by atoms with E-state index in [0.717, 1.165) is 24.8 Å². The van der Waals surface area contributed by atoms with Crippen LogP contribution in [0.1, 0.15) is 12.0 Å². The van der Waals surface area contributed by atoms with Crippen LogP contribution in [0.3, 0.4) is 0 Å². The topological polar surface area (TPSA) is 50.9 Å². The molecule has 3 nitrogen and oxygen atoms in total. The van der Waals surface area contributed by atoms with Gasteiger partial charge in [0.1, 0.15) is 5.82 Å². The standard InChI is InChI=1S/C9H10F3N3/c10-9(11,12)5-1-2-14-8(3-5)15-7-4-6(7)13/h1-3,6-7H,4,13H2,(H,14,15). The number of rotatable bonds is 2. The van der Waals surface area contributed by atoms with Gasteiger partial charge in [-0.15, -0.1) is 0 Å². The Bertz CT molecular complexity index is 364. The average Bonchev–Trinajstić information content (AvgIpc) is 2.81. The Balaban J connectivity index is 2.12. The summed E-state index contributed by atoms with van der Waals surface area (Å²) in [4.78, 5) is 3.80. The van der Waals surface area contributed by atoms with Crippen LogP contribution in [0.4, 0.5) is 19.0 Å². The van der Waals surface area contributed by atoms with Crippen molar-refractivity contribution in [2.45, 2.75) is 24.7 Å². The predicted octanol–water partition coefficient (Wildman–Crippen LogP) is 1.61. The van der Waals surface area contributed by atoms with Gasteiger partial charge in [0.05, 0.1) is 5.56 Å². The first-order valence-corrected chi connectivity index (χ1v) is 4.52. The van der Waals surface area contributed by atoms with Gasteiger partial charge >= 0.3 is 6.18 Å². The van der Waals surface area contributed by atoms with Gasteiger partial charge < -0.3 is 11.1 Å². The molecule has 0 aliphatic heterocycles. The third kappa shape index (κ3) is 2.38. The molecule has 15 heavy (non-hydrogen) atoms. The maximum absolute atomic E-state index is 12.3. The molecule has 0 radical (unpaired) electrons. The van der Waals surface area contributed by atoms with Crippen molar-refractivity contribution in [3.05, 3.63) is 23.9 Å². The second kappa shape index (κ2) is 3.37. The van der Waals surface area contributed by atoms with E-state index in [0.29, 0.717) is 0 Å². The number of halogens is 3. The van der Waals surface area contributed by atoms with Crippen LogP contribution < -0.4 is 11.1 Å². The van der Waals surface area contributed by atoms with Gasteiger partial charge in [0.2, 0.25) is 0 Å². The van der Waals surface area contributed by atoms with Crippen LogP contribution in [0.25, 0.3) is 0 Å². The van der Waals surface area contributed by atoms with E-state index < -0.39 is 11.7 Å². The lowest BCUT2D eigenvalue weighted by molar-refractivity contribution is -0.137. The lowest BCUT2D eigenvalue weighted by Gasteiger charge is -2.09. The van der Waals surface area contributed by atoms with Gasteiger partial charge in [0, 0.05) is 18.3 Å². The fourth-order valence-electron chi connectivity index (χ4n) is 1.26. The average molecular weight is 217 g/mol. The van der Waals surface area contributed by atoms with Crippen molar-refractivity contribution in [2.75, 3.05) is 5.32 Å². The van der Waals surface area contributed by atoms with E-state index in [1.54, 1.807) is 0 Å². The van der Waals surface area contributed by atoms with Crippen molar-refractivity contribution in [1.82, 2.24) is 4.98 Å². The number of hydrogen-bond acceptors (Lipinski definition) is 3. The van der Waals surface area contributed by atoms with Gasteiger partial charge in [0.15, 0.2) is 0 Å². The van der Waals surface area contributed by atoms with Crippen molar-refractivity contribution in [3.8, 4) is 0 Å². The molecule has 1 fully saturated rings. The van der Waals surface area contributed by atoms with E-state index in [1.807, 2.05) is 0 Å². The summed E-state index contributed by atoms with van der Waals surface area (Å²) < 4.78 is 37.0. The maximum Gasteiger partial charge on any atom is 0.416 e. The van der Waals surface area contributed by atoms with Crippen LogP contribution in [-0.2, 0) is 6.18 Å². The molecule has 82 valence electrons. The minimum atomic E-state index is -4.33. The molecule has 6 heteroatoms. The SMILES string of the molecule is NC1CC1Nc1cc(C(F)(F)F)ccn1. The summed E-state index contributed by atoms with van der Waals surface area (Å²) in [5.41, 5.74) is 4.83. The molecule has 0 bridgehead atoms. The Morgan fingerprint density at radius 3 is 2.67 bits per heavy atom. The van der Waals surface area contributed by atoms with Gasteiger partial charge in [-0.05, 0) is 18.6 Å². The summed E-state index contributed by atoms with van der Waals surface area (Å²) in [7, 11) is 0. The molecule has 1 aliphatic rings. The quantitative estimate of drug-likeness (QED) is 0.791. The van der Waals surface area contributed by atoms with Gasteiger partial charge in [-0.2, -0.15) is 13.2 Å². The predicted molar refractivity (Wildman–Crippen MR) is 49.2 cm³/mol. The van der Waals surface area contributed by atoms with Gasteiger partial charge in [-0.25, -0.2) is 4.98 Å². The molecule has 1 heterocycles. The molecule has 0 amide bonds. The molecule has 1 aromatic rings. The third-order valence-electron chi connectivity index (χ3n) is 2.26. The number of nitrogens with two attached hydrogens (primary N) is 1. The zero-order valence-electron chi connectivity index (χ0n) is 7.75. The fourth-order valence-corrected chi connectivity index (χ4v) is 1.26. The maximum atomic E-state index is 12.3. The van der Waals surface area contributed by atoms with Crippen LogP contribution in [0.15, 0.2) is 18.3 Å².